The van der Waals surface area contributed by atoms with E-state index in [1.54, 1.807) is 29.8 Å². The summed E-state index contributed by atoms with van der Waals surface area (Å²) in [5, 5.41) is 12.2. The van der Waals surface area contributed by atoms with E-state index in [1.165, 1.54) is 17.5 Å². The second-order valence-corrected chi connectivity index (χ2v) is 7.07. The van der Waals surface area contributed by atoms with Crippen molar-refractivity contribution in [2.45, 2.75) is 6.54 Å². The number of nitrogens with one attached hydrogen (secondary N) is 1. The average molecular weight is 387 g/mol. The largest absolute Gasteiger partial charge is 0.384 e. The molecule has 26 heavy (non-hydrogen) atoms. The number of aromatic nitrogens is 1. The maximum atomic E-state index is 12.7. The molecule has 0 unspecified atom stereocenters. The number of hydrogen-bond acceptors (Lipinski definition) is 4. The fourth-order valence-corrected chi connectivity index (χ4v) is 3.63. The summed E-state index contributed by atoms with van der Waals surface area (Å²) in [4.78, 5) is 25.8. The number of pyridine rings is 1. The van der Waals surface area contributed by atoms with Crippen molar-refractivity contribution in [2.75, 3.05) is 6.61 Å². The highest BCUT2D eigenvalue weighted by atomic mass is 35.5. The summed E-state index contributed by atoms with van der Waals surface area (Å²) in [6.07, 6.45) is 1.53. The number of nitrogens with zero attached hydrogens (tertiary/aromatic N) is 1. The number of carbonyl (C=O) groups excluding carboxylic acids is 1. The van der Waals surface area contributed by atoms with Crippen LogP contribution in [0.2, 0.25) is 5.02 Å². The topological polar surface area (TPSA) is 71.3 Å². The molecule has 3 rings (SSSR count). The van der Waals surface area contributed by atoms with Gasteiger partial charge in [-0.25, -0.2) is 0 Å². The number of amides is 1. The number of aliphatic hydroxyl groups excluding tert-OH is 1. The number of aliphatic hydroxyl groups is 1. The van der Waals surface area contributed by atoms with Crippen LogP contribution < -0.4 is 10.7 Å². The lowest BCUT2D eigenvalue weighted by molar-refractivity contribution is 0.0949. The van der Waals surface area contributed by atoms with E-state index in [0.717, 1.165) is 5.56 Å². The molecular weight excluding hydrogens is 372 g/mol. The van der Waals surface area contributed by atoms with Crippen LogP contribution in [0.5, 0.6) is 0 Å². The number of benzene rings is 1. The van der Waals surface area contributed by atoms with Gasteiger partial charge in [-0.05, 0) is 23.8 Å². The summed E-state index contributed by atoms with van der Waals surface area (Å²) in [6, 6.07) is 8.90. The van der Waals surface area contributed by atoms with Crippen LogP contribution in [0.25, 0.3) is 10.2 Å². The van der Waals surface area contributed by atoms with Crippen molar-refractivity contribution in [3.63, 3.8) is 0 Å². The van der Waals surface area contributed by atoms with Crippen molar-refractivity contribution in [3.05, 3.63) is 67.8 Å². The van der Waals surface area contributed by atoms with Gasteiger partial charge in [0.25, 0.3) is 5.91 Å². The van der Waals surface area contributed by atoms with Gasteiger partial charge in [-0.15, -0.1) is 11.3 Å². The van der Waals surface area contributed by atoms with Gasteiger partial charge in [0.2, 0.25) is 5.43 Å². The minimum Gasteiger partial charge on any atom is -0.384 e. The number of rotatable bonds is 3. The van der Waals surface area contributed by atoms with E-state index in [-0.39, 0.29) is 17.6 Å². The van der Waals surface area contributed by atoms with Gasteiger partial charge in [0.05, 0.1) is 10.4 Å². The first kappa shape index (κ1) is 18.2. The zero-order valence-corrected chi connectivity index (χ0v) is 15.4. The first-order chi connectivity index (χ1) is 12.5. The molecule has 0 spiro atoms. The van der Waals surface area contributed by atoms with Gasteiger partial charge in [0, 0.05) is 24.8 Å². The van der Waals surface area contributed by atoms with Crippen molar-refractivity contribution in [1.82, 2.24) is 9.88 Å². The highest BCUT2D eigenvalue weighted by Gasteiger charge is 2.16. The molecular formula is C19H15ClN2O3S. The van der Waals surface area contributed by atoms with E-state index in [4.69, 9.17) is 16.7 Å². The number of carbonyl (C=O) groups is 1. The third-order valence-electron chi connectivity index (χ3n) is 3.77. The minimum atomic E-state index is -0.432. The maximum absolute atomic E-state index is 12.7. The van der Waals surface area contributed by atoms with E-state index < -0.39 is 5.91 Å². The first-order valence-corrected chi connectivity index (χ1v) is 8.94. The molecule has 2 heterocycles. The monoisotopic (exact) mass is 386 g/mol. The van der Waals surface area contributed by atoms with E-state index in [9.17, 15) is 9.59 Å². The van der Waals surface area contributed by atoms with E-state index >= 15 is 0 Å². The standard InChI is InChI=1S/C19H15ClN2O3S/c1-22-11-15(19(25)21-10-12-4-6-13(20)7-5-12)17(24)18-16(22)9-14(26-18)3-2-8-23/h4-7,9,11,23H,8,10H2,1H3,(H,21,25). The van der Waals surface area contributed by atoms with Crippen LogP contribution >= 0.6 is 22.9 Å². The lowest BCUT2D eigenvalue weighted by atomic mass is 10.2. The van der Waals surface area contributed by atoms with Gasteiger partial charge in [-0.1, -0.05) is 35.6 Å². The van der Waals surface area contributed by atoms with Gasteiger partial charge in [0.15, 0.2) is 0 Å². The van der Waals surface area contributed by atoms with E-state index in [0.29, 0.717) is 26.7 Å². The molecule has 1 aromatic carbocycles. The summed E-state index contributed by atoms with van der Waals surface area (Å²) in [5.74, 6) is 4.92. The molecule has 0 bridgehead atoms. The van der Waals surface area contributed by atoms with Gasteiger partial charge in [0.1, 0.15) is 16.9 Å². The van der Waals surface area contributed by atoms with Crippen LogP contribution in [0.3, 0.4) is 0 Å². The van der Waals surface area contributed by atoms with Crippen LogP contribution in [0, 0.1) is 11.8 Å². The third kappa shape index (κ3) is 3.81. The van der Waals surface area contributed by atoms with Gasteiger partial charge in [-0.3, -0.25) is 9.59 Å². The maximum Gasteiger partial charge on any atom is 0.257 e. The van der Waals surface area contributed by atoms with E-state index in [1.807, 2.05) is 12.1 Å². The van der Waals surface area contributed by atoms with Crippen molar-refractivity contribution < 1.29 is 9.90 Å². The van der Waals surface area contributed by atoms with Crippen LogP contribution in [0.15, 0.2) is 41.3 Å². The second kappa shape index (κ2) is 7.75. The van der Waals surface area contributed by atoms with Gasteiger partial charge < -0.3 is 15.0 Å². The molecule has 5 nitrogen and oxygen atoms in total. The molecule has 1 amide bonds. The second-order valence-electron chi connectivity index (χ2n) is 5.58. The fourth-order valence-electron chi connectivity index (χ4n) is 2.48. The Balaban J connectivity index is 1.89. The Hall–Kier alpha value is -2.59. The lowest BCUT2D eigenvalue weighted by Crippen LogP contribution is -2.29. The van der Waals surface area contributed by atoms with Crippen molar-refractivity contribution >= 4 is 39.1 Å². The molecule has 2 N–H and O–H groups in total. The normalized spacial score (nSPS) is 10.4. The smallest absolute Gasteiger partial charge is 0.257 e. The highest BCUT2D eigenvalue weighted by Crippen LogP contribution is 2.22. The van der Waals surface area contributed by atoms with Crippen LogP contribution in [-0.2, 0) is 13.6 Å². The molecule has 0 aliphatic rings. The van der Waals surface area contributed by atoms with Crippen LogP contribution in [-0.4, -0.2) is 22.2 Å². The van der Waals surface area contributed by atoms with Crippen molar-refractivity contribution in [1.29, 1.82) is 0 Å². The number of hydrogen-bond donors (Lipinski definition) is 2. The molecule has 0 saturated heterocycles. The average Bonchev–Trinajstić information content (AvgIpc) is 3.07. The third-order valence-corrected chi connectivity index (χ3v) is 5.06. The lowest BCUT2D eigenvalue weighted by Gasteiger charge is -2.07. The predicted octanol–water partition coefficient (Wildman–Crippen LogP) is 2.53. The van der Waals surface area contributed by atoms with E-state index in [2.05, 4.69) is 17.2 Å². The molecule has 2 aromatic heterocycles. The molecule has 0 saturated carbocycles. The molecule has 132 valence electrons. The van der Waals surface area contributed by atoms with Crippen LogP contribution in [0.4, 0.5) is 0 Å². The van der Waals surface area contributed by atoms with Crippen LogP contribution in [0.1, 0.15) is 20.8 Å². The molecule has 0 radical (unpaired) electrons. The SMILES string of the molecule is Cn1cc(C(=O)NCc2ccc(Cl)cc2)c(=O)c2sc(C#CCO)cc21. The molecule has 0 aliphatic carbocycles. The van der Waals surface area contributed by atoms with Gasteiger partial charge >= 0.3 is 0 Å². The zero-order valence-electron chi connectivity index (χ0n) is 13.9. The Morgan fingerprint density at radius 3 is 2.77 bits per heavy atom. The predicted molar refractivity (Wildman–Crippen MR) is 104 cm³/mol. The quantitative estimate of drug-likeness (QED) is 0.679. The number of thiophene rings is 1. The fraction of sp³-hybridized carbons (Fsp3) is 0.158. The first-order valence-electron chi connectivity index (χ1n) is 7.75. The molecule has 0 aliphatic heterocycles. The number of fused-ring (bicyclic) bond motifs is 1. The summed E-state index contributed by atoms with van der Waals surface area (Å²) in [5.41, 5.74) is 1.35. The minimum absolute atomic E-state index is 0.0810. The molecule has 0 atom stereocenters. The molecule has 7 heteroatoms. The Labute approximate surface area is 158 Å². The summed E-state index contributed by atoms with van der Waals surface area (Å²) in [7, 11) is 1.77. The Bertz CT molecular complexity index is 1090. The van der Waals surface area contributed by atoms with Crippen molar-refractivity contribution in [3.8, 4) is 11.8 Å². The Morgan fingerprint density at radius 1 is 1.35 bits per heavy atom. The zero-order chi connectivity index (χ0) is 18.7. The summed E-state index contributed by atoms with van der Waals surface area (Å²) >= 11 is 7.06. The summed E-state index contributed by atoms with van der Waals surface area (Å²) < 4.78 is 2.20. The van der Waals surface area contributed by atoms with Gasteiger partial charge in [-0.2, -0.15) is 0 Å². The molecule has 3 aromatic rings. The number of halogens is 1. The Kier molecular flexibility index (Phi) is 5.43. The number of aryl methyl sites for hydroxylation is 1. The highest BCUT2D eigenvalue weighted by molar-refractivity contribution is 7.19. The Morgan fingerprint density at radius 2 is 2.08 bits per heavy atom. The van der Waals surface area contributed by atoms with Crippen molar-refractivity contribution in [2.24, 2.45) is 7.05 Å². The summed E-state index contributed by atoms with van der Waals surface area (Å²) in [6.45, 7) is 0.0534. The molecule has 0 fully saturated rings.